The lowest BCUT2D eigenvalue weighted by molar-refractivity contribution is -0.123. The fourth-order valence-corrected chi connectivity index (χ4v) is 2.75. The molecule has 0 saturated carbocycles. The van der Waals surface area contributed by atoms with Crippen molar-refractivity contribution in [3.05, 3.63) is 53.6 Å². The lowest BCUT2D eigenvalue weighted by Gasteiger charge is -2.26. The van der Waals surface area contributed by atoms with Crippen LogP contribution in [0.15, 0.2) is 48.5 Å². The van der Waals surface area contributed by atoms with Crippen LogP contribution in [0.5, 0.6) is 5.75 Å². The zero-order valence-electron chi connectivity index (χ0n) is 15.7. The summed E-state index contributed by atoms with van der Waals surface area (Å²) >= 11 is 5.94. The third-order valence-corrected chi connectivity index (χ3v) is 4.38. The van der Waals surface area contributed by atoms with Gasteiger partial charge in [-0.05, 0) is 55.9 Å². The van der Waals surface area contributed by atoms with Gasteiger partial charge >= 0.3 is 0 Å². The summed E-state index contributed by atoms with van der Waals surface area (Å²) in [5.41, 5.74) is 1.30. The highest BCUT2D eigenvalue weighted by molar-refractivity contribution is 6.30. The standard InChI is InChI=1S/C20H24ClN3O3/c1-4-24(13-19(25)22-16-8-10-18(27-3)11-9-16)14(2)20(26)23-17-7-5-6-15(21)12-17/h5-12,14H,4,13H2,1-3H3,(H,22,25)(H,23,26)/t14-/m0/s1. The van der Waals surface area contributed by atoms with Gasteiger partial charge in [0.1, 0.15) is 5.75 Å². The van der Waals surface area contributed by atoms with Crippen molar-refractivity contribution >= 4 is 34.8 Å². The van der Waals surface area contributed by atoms with E-state index in [-0.39, 0.29) is 18.4 Å². The average Bonchev–Trinajstić information content (AvgIpc) is 2.66. The van der Waals surface area contributed by atoms with E-state index < -0.39 is 6.04 Å². The minimum absolute atomic E-state index is 0.104. The Balaban J connectivity index is 1.93. The minimum Gasteiger partial charge on any atom is -0.497 e. The Hall–Kier alpha value is -2.57. The number of hydrogen-bond donors (Lipinski definition) is 2. The van der Waals surface area contributed by atoms with Gasteiger partial charge in [0.15, 0.2) is 0 Å². The van der Waals surface area contributed by atoms with E-state index in [9.17, 15) is 9.59 Å². The summed E-state index contributed by atoms with van der Waals surface area (Å²) in [5.74, 6) is 0.329. The third-order valence-electron chi connectivity index (χ3n) is 4.15. The normalized spacial score (nSPS) is 11.7. The summed E-state index contributed by atoms with van der Waals surface area (Å²) in [7, 11) is 1.59. The predicted molar refractivity (Wildman–Crippen MR) is 108 cm³/mol. The van der Waals surface area contributed by atoms with Crippen molar-refractivity contribution in [2.75, 3.05) is 30.8 Å². The maximum absolute atomic E-state index is 12.5. The van der Waals surface area contributed by atoms with E-state index in [1.165, 1.54) is 0 Å². The molecule has 2 aromatic carbocycles. The average molecular weight is 390 g/mol. The molecule has 2 N–H and O–H groups in total. The number of ether oxygens (including phenoxy) is 1. The topological polar surface area (TPSA) is 70.7 Å². The second kappa shape index (κ2) is 9.94. The van der Waals surface area contributed by atoms with Gasteiger partial charge in [-0.15, -0.1) is 0 Å². The van der Waals surface area contributed by atoms with Crippen molar-refractivity contribution in [3.8, 4) is 5.75 Å². The highest BCUT2D eigenvalue weighted by Gasteiger charge is 2.22. The Kier molecular flexibility index (Phi) is 7.64. The van der Waals surface area contributed by atoms with Crippen molar-refractivity contribution in [3.63, 3.8) is 0 Å². The van der Waals surface area contributed by atoms with Crippen LogP contribution < -0.4 is 15.4 Å². The van der Waals surface area contributed by atoms with E-state index in [0.717, 1.165) is 5.75 Å². The summed E-state index contributed by atoms with van der Waals surface area (Å²) < 4.78 is 5.10. The quantitative estimate of drug-likeness (QED) is 0.723. The fourth-order valence-electron chi connectivity index (χ4n) is 2.56. The van der Waals surface area contributed by atoms with Gasteiger partial charge in [-0.2, -0.15) is 0 Å². The molecule has 0 aliphatic heterocycles. The number of anilines is 2. The molecule has 2 amide bonds. The molecule has 0 saturated heterocycles. The van der Waals surface area contributed by atoms with Gasteiger partial charge in [-0.1, -0.05) is 24.6 Å². The molecule has 0 spiro atoms. The molecule has 7 heteroatoms. The molecule has 1 atom stereocenters. The number of methoxy groups -OCH3 is 1. The van der Waals surface area contributed by atoms with Gasteiger partial charge in [0.25, 0.3) is 0 Å². The number of carbonyl (C=O) groups is 2. The fraction of sp³-hybridized carbons (Fsp3) is 0.300. The van der Waals surface area contributed by atoms with E-state index in [0.29, 0.717) is 22.9 Å². The van der Waals surface area contributed by atoms with Gasteiger partial charge < -0.3 is 15.4 Å². The summed E-state index contributed by atoms with van der Waals surface area (Å²) in [5, 5.41) is 6.19. The number of carbonyl (C=O) groups excluding carboxylic acids is 2. The van der Waals surface area contributed by atoms with Gasteiger partial charge in [-0.25, -0.2) is 0 Å². The number of amides is 2. The van der Waals surface area contributed by atoms with Crippen molar-refractivity contribution in [2.45, 2.75) is 19.9 Å². The first-order valence-corrected chi connectivity index (χ1v) is 9.05. The highest BCUT2D eigenvalue weighted by atomic mass is 35.5. The second-order valence-electron chi connectivity index (χ2n) is 6.02. The maximum atomic E-state index is 12.5. The third kappa shape index (κ3) is 6.27. The van der Waals surface area contributed by atoms with Crippen LogP contribution >= 0.6 is 11.6 Å². The van der Waals surface area contributed by atoms with E-state index >= 15 is 0 Å². The number of halogens is 1. The van der Waals surface area contributed by atoms with Gasteiger partial charge in [-0.3, -0.25) is 14.5 Å². The lowest BCUT2D eigenvalue weighted by Crippen LogP contribution is -2.45. The number of likely N-dealkylation sites (N-methyl/N-ethyl adjacent to an activating group) is 1. The van der Waals surface area contributed by atoms with Crippen LogP contribution in [0.4, 0.5) is 11.4 Å². The monoisotopic (exact) mass is 389 g/mol. The second-order valence-corrected chi connectivity index (χ2v) is 6.45. The Morgan fingerprint density at radius 2 is 1.81 bits per heavy atom. The molecule has 0 aromatic heterocycles. The van der Waals surface area contributed by atoms with E-state index in [1.807, 2.05) is 6.92 Å². The summed E-state index contributed by atoms with van der Waals surface area (Å²) in [6.07, 6.45) is 0. The molecule has 0 bridgehead atoms. The predicted octanol–water partition coefficient (Wildman–Crippen LogP) is 3.64. The SMILES string of the molecule is CCN(CC(=O)Nc1ccc(OC)cc1)[C@@H](C)C(=O)Nc1cccc(Cl)c1. The summed E-state index contributed by atoms with van der Waals surface area (Å²) in [6, 6.07) is 13.6. The Bertz CT molecular complexity index is 780. The van der Waals surface area contributed by atoms with Crippen LogP contribution in [0.2, 0.25) is 5.02 Å². The van der Waals surface area contributed by atoms with E-state index in [1.54, 1.807) is 67.5 Å². The molecule has 144 valence electrons. The number of hydrogen-bond acceptors (Lipinski definition) is 4. The van der Waals surface area contributed by atoms with Gasteiger partial charge in [0.2, 0.25) is 11.8 Å². The minimum atomic E-state index is -0.476. The first-order chi connectivity index (χ1) is 12.9. The Labute approximate surface area is 164 Å². The number of nitrogens with one attached hydrogen (secondary N) is 2. The van der Waals surface area contributed by atoms with Crippen molar-refractivity contribution in [1.82, 2.24) is 4.90 Å². The number of rotatable bonds is 8. The molecule has 2 aromatic rings. The zero-order chi connectivity index (χ0) is 19.8. The van der Waals surface area contributed by atoms with Crippen LogP contribution in [-0.4, -0.2) is 43.0 Å². The molecule has 0 unspecified atom stereocenters. The van der Waals surface area contributed by atoms with Crippen molar-refractivity contribution in [1.29, 1.82) is 0 Å². The van der Waals surface area contributed by atoms with Crippen LogP contribution in [0.25, 0.3) is 0 Å². The van der Waals surface area contributed by atoms with Crippen LogP contribution in [-0.2, 0) is 9.59 Å². The van der Waals surface area contributed by atoms with Crippen LogP contribution in [0, 0.1) is 0 Å². The van der Waals surface area contributed by atoms with Crippen molar-refractivity contribution < 1.29 is 14.3 Å². The number of nitrogens with zero attached hydrogens (tertiary/aromatic N) is 1. The number of benzene rings is 2. The summed E-state index contributed by atoms with van der Waals surface area (Å²) in [6.45, 7) is 4.33. The molecule has 27 heavy (non-hydrogen) atoms. The molecule has 0 aliphatic carbocycles. The first kappa shape index (κ1) is 20.7. The molecule has 6 nitrogen and oxygen atoms in total. The molecule has 0 heterocycles. The first-order valence-electron chi connectivity index (χ1n) is 8.67. The zero-order valence-corrected chi connectivity index (χ0v) is 16.4. The van der Waals surface area contributed by atoms with Gasteiger partial charge in [0.05, 0.1) is 19.7 Å². The lowest BCUT2D eigenvalue weighted by atomic mass is 10.2. The Morgan fingerprint density at radius 1 is 1.11 bits per heavy atom. The van der Waals surface area contributed by atoms with Crippen LogP contribution in [0.3, 0.4) is 0 Å². The highest BCUT2D eigenvalue weighted by Crippen LogP contribution is 2.16. The van der Waals surface area contributed by atoms with Crippen molar-refractivity contribution in [2.24, 2.45) is 0 Å². The molecule has 0 radical (unpaired) electrons. The molecular weight excluding hydrogens is 366 g/mol. The van der Waals surface area contributed by atoms with E-state index in [4.69, 9.17) is 16.3 Å². The smallest absolute Gasteiger partial charge is 0.241 e. The molecule has 0 fully saturated rings. The van der Waals surface area contributed by atoms with E-state index in [2.05, 4.69) is 10.6 Å². The van der Waals surface area contributed by atoms with Gasteiger partial charge in [0, 0.05) is 16.4 Å². The molecule has 2 rings (SSSR count). The van der Waals surface area contributed by atoms with Crippen LogP contribution in [0.1, 0.15) is 13.8 Å². The molecule has 0 aliphatic rings. The molecular formula is C20H24ClN3O3. The largest absolute Gasteiger partial charge is 0.497 e. The maximum Gasteiger partial charge on any atom is 0.241 e. The Morgan fingerprint density at radius 3 is 2.41 bits per heavy atom. The summed E-state index contributed by atoms with van der Waals surface area (Å²) in [4.78, 5) is 26.6.